The lowest BCUT2D eigenvalue weighted by Gasteiger charge is -2.24. The third-order valence-electron chi connectivity index (χ3n) is 6.50. The van der Waals surface area contributed by atoms with Crippen molar-refractivity contribution in [1.29, 1.82) is 0 Å². The van der Waals surface area contributed by atoms with Crippen molar-refractivity contribution in [2.45, 2.75) is 25.5 Å². The van der Waals surface area contributed by atoms with Crippen LogP contribution >= 0.6 is 0 Å². The first kappa shape index (κ1) is 23.6. The molecule has 0 aliphatic rings. The van der Waals surface area contributed by atoms with Crippen LogP contribution in [0.2, 0.25) is 0 Å². The van der Waals surface area contributed by atoms with Crippen LogP contribution < -0.4 is 5.56 Å². The molecule has 5 aromatic rings. The molecule has 0 bridgehead atoms. The van der Waals surface area contributed by atoms with E-state index in [0.717, 1.165) is 33.2 Å². The molecule has 0 saturated carbocycles. The number of hydrogen-bond acceptors (Lipinski definition) is 7. The number of sulfone groups is 1. The number of aryl methyl sites for hydroxylation is 1. The summed E-state index contributed by atoms with van der Waals surface area (Å²) in [6, 6.07) is 17.0. The van der Waals surface area contributed by atoms with E-state index in [9.17, 15) is 13.2 Å². The summed E-state index contributed by atoms with van der Waals surface area (Å²) < 4.78 is 29.3. The number of nitrogens with zero attached hydrogens (tertiary/aromatic N) is 3. The van der Waals surface area contributed by atoms with E-state index in [4.69, 9.17) is 4.52 Å². The van der Waals surface area contributed by atoms with Crippen molar-refractivity contribution in [3.8, 4) is 33.7 Å². The minimum absolute atomic E-state index is 0.151. The predicted molar refractivity (Wildman–Crippen MR) is 139 cm³/mol. The number of aromatic nitrogens is 4. The maximum absolute atomic E-state index is 12.6. The summed E-state index contributed by atoms with van der Waals surface area (Å²) in [5, 5.41) is 4.63. The molecular weight excluding hydrogens is 476 g/mol. The molecule has 36 heavy (non-hydrogen) atoms. The Morgan fingerprint density at radius 1 is 0.944 bits per heavy atom. The molecule has 0 atom stereocenters. The van der Waals surface area contributed by atoms with Gasteiger partial charge in [0.05, 0.1) is 10.3 Å². The van der Waals surface area contributed by atoms with Crippen LogP contribution in [-0.2, 0) is 14.6 Å². The van der Waals surface area contributed by atoms with Gasteiger partial charge in [0.25, 0.3) is 11.4 Å². The molecule has 9 heteroatoms. The van der Waals surface area contributed by atoms with Gasteiger partial charge in [-0.25, -0.2) is 8.42 Å². The Bertz CT molecular complexity index is 1790. The molecule has 0 amide bonds. The predicted octanol–water partition coefficient (Wildman–Crippen LogP) is 4.90. The van der Waals surface area contributed by atoms with Crippen LogP contribution in [0.4, 0.5) is 0 Å². The van der Waals surface area contributed by atoms with Gasteiger partial charge in [0.15, 0.2) is 15.7 Å². The maximum Gasteiger partial charge on any atom is 0.263 e. The van der Waals surface area contributed by atoms with Crippen LogP contribution in [0.5, 0.6) is 0 Å². The number of rotatable bonds is 5. The first-order chi connectivity index (χ1) is 17.0. The first-order valence-corrected chi connectivity index (χ1v) is 13.2. The Hall–Kier alpha value is -4.11. The number of aromatic amines is 1. The third-order valence-corrected chi connectivity index (χ3v) is 8.58. The zero-order valence-electron chi connectivity index (χ0n) is 20.2. The largest absolute Gasteiger partial charge is 0.334 e. The molecule has 2 aromatic carbocycles. The second-order valence-corrected chi connectivity index (χ2v) is 11.8. The molecular formula is C27H24N4O4S. The minimum Gasteiger partial charge on any atom is -0.334 e. The molecule has 3 heterocycles. The Labute approximate surface area is 208 Å². The van der Waals surface area contributed by atoms with Gasteiger partial charge in [0.1, 0.15) is 5.56 Å². The third kappa shape index (κ3) is 4.11. The Balaban J connectivity index is 1.68. The van der Waals surface area contributed by atoms with E-state index in [1.165, 1.54) is 6.26 Å². The molecule has 0 radical (unpaired) electrons. The fourth-order valence-electron chi connectivity index (χ4n) is 4.06. The van der Waals surface area contributed by atoms with Crippen LogP contribution in [0, 0.1) is 6.92 Å². The molecule has 3 aromatic heterocycles. The summed E-state index contributed by atoms with van der Waals surface area (Å²) in [6.45, 7) is 5.11. The van der Waals surface area contributed by atoms with Crippen molar-refractivity contribution in [3.05, 3.63) is 88.7 Å². The smallest absolute Gasteiger partial charge is 0.263 e. The van der Waals surface area contributed by atoms with Crippen molar-refractivity contribution in [2.24, 2.45) is 0 Å². The van der Waals surface area contributed by atoms with Gasteiger partial charge in [-0.3, -0.25) is 9.78 Å². The van der Waals surface area contributed by atoms with Crippen molar-refractivity contribution in [1.82, 2.24) is 20.1 Å². The highest BCUT2D eigenvalue weighted by Gasteiger charge is 2.33. The molecule has 0 unspecified atom stereocenters. The highest BCUT2D eigenvalue weighted by molar-refractivity contribution is 7.91. The van der Waals surface area contributed by atoms with E-state index in [1.54, 1.807) is 39.2 Å². The summed E-state index contributed by atoms with van der Waals surface area (Å²) >= 11 is 0. The summed E-state index contributed by atoms with van der Waals surface area (Å²) in [5.41, 5.74) is 4.69. The number of pyridine rings is 2. The molecule has 1 N–H and O–H groups in total. The van der Waals surface area contributed by atoms with Gasteiger partial charge in [-0.15, -0.1) is 0 Å². The van der Waals surface area contributed by atoms with Gasteiger partial charge in [-0.1, -0.05) is 29.4 Å². The monoisotopic (exact) mass is 500 g/mol. The van der Waals surface area contributed by atoms with E-state index in [0.29, 0.717) is 11.4 Å². The molecule has 182 valence electrons. The second kappa shape index (κ2) is 8.53. The summed E-state index contributed by atoms with van der Waals surface area (Å²) in [7, 11) is -3.38. The van der Waals surface area contributed by atoms with Gasteiger partial charge in [0, 0.05) is 29.6 Å². The highest BCUT2D eigenvalue weighted by Crippen LogP contribution is 2.37. The number of nitrogens with one attached hydrogen (secondary N) is 1. The molecule has 0 spiro atoms. The van der Waals surface area contributed by atoms with Gasteiger partial charge >= 0.3 is 0 Å². The standard InChI is InChI=1S/C27H24N4O4S/c1-16-30-26(35-31-16)23-13-20(15-29-25(23)32)17-7-5-8-18(11-17)22-14-21(27(2,3)36(4,33)34)12-19-9-6-10-28-24(19)22/h5-15H,1-4H3,(H,29,32). The topological polar surface area (TPSA) is 119 Å². The van der Waals surface area contributed by atoms with Crippen LogP contribution in [0.3, 0.4) is 0 Å². The van der Waals surface area contributed by atoms with Crippen LogP contribution in [0.1, 0.15) is 25.2 Å². The SMILES string of the molecule is Cc1noc(-c2cc(-c3cccc(-c4cc(C(C)(C)S(C)(=O)=O)cc5cccnc45)c3)c[nH]c2=O)n1. The van der Waals surface area contributed by atoms with Crippen molar-refractivity contribution in [3.63, 3.8) is 0 Å². The van der Waals surface area contributed by atoms with Crippen molar-refractivity contribution >= 4 is 20.7 Å². The van der Waals surface area contributed by atoms with Crippen LogP contribution in [0.15, 0.2) is 76.3 Å². The molecule has 0 aliphatic heterocycles. The first-order valence-electron chi connectivity index (χ1n) is 11.3. The normalized spacial score (nSPS) is 12.2. The second-order valence-electron chi connectivity index (χ2n) is 9.24. The van der Waals surface area contributed by atoms with E-state index in [-0.39, 0.29) is 17.0 Å². The Kier molecular flexibility index (Phi) is 5.60. The van der Waals surface area contributed by atoms with Gasteiger partial charge < -0.3 is 9.51 Å². The van der Waals surface area contributed by atoms with Crippen molar-refractivity contribution in [2.75, 3.05) is 6.26 Å². The zero-order valence-corrected chi connectivity index (χ0v) is 21.1. The van der Waals surface area contributed by atoms with Crippen LogP contribution in [0.25, 0.3) is 44.6 Å². The zero-order chi connectivity index (χ0) is 25.7. The van der Waals surface area contributed by atoms with Gasteiger partial charge in [0.2, 0.25) is 0 Å². The molecule has 0 aliphatic carbocycles. The average Bonchev–Trinajstić information content (AvgIpc) is 3.29. The van der Waals surface area contributed by atoms with Crippen LogP contribution in [-0.4, -0.2) is 34.8 Å². The summed E-state index contributed by atoms with van der Waals surface area (Å²) in [5.74, 6) is 0.589. The Morgan fingerprint density at radius 2 is 1.72 bits per heavy atom. The fourth-order valence-corrected chi connectivity index (χ4v) is 4.60. The number of hydrogen-bond donors (Lipinski definition) is 1. The fraction of sp³-hybridized carbons (Fsp3) is 0.185. The maximum atomic E-state index is 12.6. The van der Waals surface area contributed by atoms with Gasteiger partial charge in [-0.2, -0.15) is 4.98 Å². The number of fused-ring (bicyclic) bond motifs is 1. The number of benzene rings is 2. The molecule has 0 saturated heterocycles. The van der Waals surface area contributed by atoms with E-state index in [2.05, 4.69) is 20.1 Å². The molecule has 5 rings (SSSR count). The van der Waals surface area contributed by atoms with E-state index >= 15 is 0 Å². The van der Waals surface area contributed by atoms with Gasteiger partial charge in [-0.05, 0) is 73.4 Å². The lowest BCUT2D eigenvalue weighted by atomic mass is 9.92. The van der Waals surface area contributed by atoms with E-state index in [1.807, 2.05) is 48.5 Å². The number of H-pyrrole nitrogens is 1. The van der Waals surface area contributed by atoms with E-state index < -0.39 is 14.6 Å². The quantitative estimate of drug-likeness (QED) is 0.365. The Morgan fingerprint density at radius 3 is 2.44 bits per heavy atom. The molecule has 8 nitrogen and oxygen atoms in total. The average molecular weight is 501 g/mol. The summed E-state index contributed by atoms with van der Waals surface area (Å²) in [6.07, 6.45) is 4.60. The lowest BCUT2D eigenvalue weighted by Crippen LogP contribution is -2.28. The highest BCUT2D eigenvalue weighted by atomic mass is 32.2. The van der Waals surface area contributed by atoms with Crippen molar-refractivity contribution < 1.29 is 12.9 Å². The summed E-state index contributed by atoms with van der Waals surface area (Å²) in [4.78, 5) is 23.9. The minimum atomic E-state index is -3.38. The lowest BCUT2D eigenvalue weighted by molar-refractivity contribution is 0.425. The molecule has 0 fully saturated rings.